The molecule has 0 aromatic heterocycles. The lowest BCUT2D eigenvalue weighted by Crippen LogP contribution is -2.13. The molecule has 0 spiro atoms. The van der Waals surface area contributed by atoms with Gasteiger partial charge in [-0.3, -0.25) is 4.90 Å². The van der Waals surface area contributed by atoms with Crippen LogP contribution in [0.2, 0.25) is 0 Å². The van der Waals surface area contributed by atoms with Gasteiger partial charge < -0.3 is 4.74 Å². The van der Waals surface area contributed by atoms with E-state index in [0.29, 0.717) is 5.41 Å². The maximum absolute atomic E-state index is 5.52. The molecule has 0 unspecified atom stereocenters. The van der Waals surface area contributed by atoms with Gasteiger partial charge in [-0.2, -0.15) is 0 Å². The standard InChI is InChI=1S/C10H21NO/c1-10(2,3)4-8-12-9-7-11-5-6-11/h4-9H2,1-3H3. The molecule has 1 aliphatic rings. The Morgan fingerprint density at radius 2 is 1.83 bits per heavy atom. The summed E-state index contributed by atoms with van der Waals surface area (Å²) in [6.45, 7) is 12.3. The van der Waals surface area contributed by atoms with Gasteiger partial charge in [-0.15, -0.1) is 0 Å². The van der Waals surface area contributed by atoms with Crippen molar-refractivity contribution in [2.45, 2.75) is 27.2 Å². The summed E-state index contributed by atoms with van der Waals surface area (Å²) >= 11 is 0. The molecular formula is C10H21NO. The lowest BCUT2D eigenvalue weighted by Gasteiger charge is -2.17. The van der Waals surface area contributed by atoms with E-state index in [4.69, 9.17) is 4.74 Å². The first kappa shape index (κ1) is 10.0. The van der Waals surface area contributed by atoms with Gasteiger partial charge in [0.1, 0.15) is 0 Å². The number of hydrogen-bond acceptors (Lipinski definition) is 2. The van der Waals surface area contributed by atoms with E-state index < -0.39 is 0 Å². The van der Waals surface area contributed by atoms with Gasteiger partial charge in [0, 0.05) is 26.2 Å². The zero-order chi connectivity index (χ0) is 9.03. The highest BCUT2D eigenvalue weighted by Gasteiger charge is 2.16. The second-order valence-electron chi connectivity index (χ2n) is 4.76. The molecule has 1 saturated heterocycles. The minimum atomic E-state index is 0.417. The first-order valence-corrected chi connectivity index (χ1v) is 4.88. The van der Waals surface area contributed by atoms with Crippen LogP contribution in [0.5, 0.6) is 0 Å². The predicted molar refractivity (Wildman–Crippen MR) is 51.3 cm³/mol. The van der Waals surface area contributed by atoms with Gasteiger partial charge in [0.15, 0.2) is 0 Å². The molecule has 2 nitrogen and oxygen atoms in total. The predicted octanol–water partition coefficient (Wildman–Crippen LogP) is 1.75. The molecule has 0 aromatic rings. The van der Waals surface area contributed by atoms with Crippen molar-refractivity contribution < 1.29 is 4.74 Å². The maximum atomic E-state index is 5.52. The third-order valence-electron chi connectivity index (χ3n) is 2.09. The third-order valence-corrected chi connectivity index (χ3v) is 2.09. The average Bonchev–Trinajstić information content (AvgIpc) is 2.68. The van der Waals surface area contributed by atoms with Crippen molar-refractivity contribution in [1.82, 2.24) is 4.90 Å². The van der Waals surface area contributed by atoms with E-state index in [1.807, 2.05) is 0 Å². The quantitative estimate of drug-likeness (QED) is 0.461. The molecule has 2 heteroatoms. The molecule has 0 amide bonds. The molecule has 0 bridgehead atoms. The molecule has 0 N–H and O–H groups in total. The van der Waals surface area contributed by atoms with Gasteiger partial charge in [0.05, 0.1) is 6.61 Å². The first-order chi connectivity index (χ1) is 5.58. The summed E-state index contributed by atoms with van der Waals surface area (Å²) in [7, 11) is 0. The van der Waals surface area contributed by atoms with Crippen LogP contribution in [-0.4, -0.2) is 37.7 Å². The molecule has 1 aliphatic heterocycles. The summed E-state index contributed by atoms with van der Waals surface area (Å²) in [6, 6.07) is 0. The molecule has 0 atom stereocenters. The van der Waals surface area contributed by atoms with E-state index in [2.05, 4.69) is 25.7 Å². The van der Waals surface area contributed by atoms with Crippen LogP contribution in [0.3, 0.4) is 0 Å². The van der Waals surface area contributed by atoms with Crippen LogP contribution in [0.4, 0.5) is 0 Å². The van der Waals surface area contributed by atoms with Crippen molar-refractivity contribution in [3.05, 3.63) is 0 Å². The molecule has 0 aromatic carbocycles. The van der Waals surface area contributed by atoms with E-state index in [0.717, 1.165) is 26.2 Å². The zero-order valence-electron chi connectivity index (χ0n) is 8.60. The van der Waals surface area contributed by atoms with Gasteiger partial charge in [0.25, 0.3) is 0 Å². The van der Waals surface area contributed by atoms with Gasteiger partial charge >= 0.3 is 0 Å². The Bertz CT molecular complexity index is 124. The molecule has 1 heterocycles. The van der Waals surface area contributed by atoms with Gasteiger partial charge in [-0.05, 0) is 11.8 Å². The molecule has 1 rings (SSSR count). The second-order valence-corrected chi connectivity index (χ2v) is 4.76. The van der Waals surface area contributed by atoms with E-state index in [9.17, 15) is 0 Å². The van der Waals surface area contributed by atoms with Crippen molar-refractivity contribution in [1.29, 1.82) is 0 Å². The second kappa shape index (κ2) is 4.24. The lowest BCUT2D eigenvalue weighted by atomic mass is 9.93. The van der Waals surface area contributed by atoms with E-state index >= 15 is 0 Å². The van der Waals surface area contributed by atoms with Crippen molar-refractivity contribution >= 4 is 0 Å². The topological polar surface area (TPSA) is 12.2 Å². The Balaban J connectivity index is 1.82. The zero-order valence-corrected chi connectivity index (χ0v) is 8.60. The lowest BCUT2D eigenvalue weighted by molar-refractivity contribution is 0.103. The third kappa shape index (κ3) is 5.56. The summed E-state index contributed by atoms with van der Waals surface area (Å²) in [6.07, 6.45) is 1.16. The minimum Gasteiger partial charge on any atom is -0.380 e. The molecule has 0 saturated carbocycles. The molecule has 0 aliphatic carbocycles. The van der Waals surface area contributed by atoms with Crippen molar-refractivity contribution in [2.75, 3.05) is 32.8 Å². The molecule has 0 radical (unpaired) electrons. The molecule has 12 heavy (non-hydrogen) atoms. The van der Waals surface area contributed by atoms with Crippen LogP contribution < -0.4 is 0 Å². The summed E-state index contributed by atoms with van der Waals surface area (Å²) in [4.78, 5) is 2.39. The summed E-state index contributed by atoms with van der Waals surface area (Å²) < 4.78 is 5.52. The van der Waals surface area contributed by atoms with Gasteiger partial charge in [-0.25, -0.2) is 0 Å². The van der Waals surface area contributed by atoms with Crippen LogP contribution in [0, 0.1) is 5.41 Å². The fourth-order valence-corrected chi connectivity index (χ4v) is 0.968. The number of hydrogen-bond donors (Lipinski definition) is 0. The Kier molecular flexibility index (Phi) is 3.53. The monoisotopic (exact) mass is 171 g/mol. The SMILES string of the molecule is CC(C)(C)CCOCCN1CC1. The number of ether oxygens (including phenoxy) is 1. The first-order valence-electron chi connectivity index (χ1n) is 4.88. The fourth-order valence-electron chi connectivity index (χ4n) is 0.968. The van der Waals surface area contributed by atoms with Crippen LogP contribution in [0.1, 0.15) is 27.2 Å². The van der Waals surface area contributed by atoms with E-state index in [-0.39, 0.29) is 0 Å². The van der Waals surface area contributed by atoms with Crippen LogP contribution in [-0.2, 0) is 4.74 Å². The summed E-state index contributed by atoms with van der Waals surface area (Å²) in [5.41, 5.74) is 0.417. The fraction of sp³-hybridized carbons (Fsp3) is 1.00. The van der Waals surface area contributed by atoms with Gasteiger partial charge in [-0.1, -0.05) is 20.8 Å². The molecular weight excluding hydrogens is 150 g/mol. The highest BCUT2D eigenvalue weighted by molar-refractivity contribution is 4.71. The Hall–Kier alpha value is -0.0800. The minimum absolute atomic E-state index is 0.417. The van der Waals surface area contributed by atoms with E-state index in [1.54, 1.807) is 0 Å². The molecule has 1 fully saturated rings. The summed E-state index contributed by atoms with van der Waals surface area (Å²) in [5, 5.41) is 0. The van der Waals surface area contributed by atoms with Crippen molar-refractivity contribution in [3.8, 4) is 0 Å². The smallest absolute Gasteiger partial charge is 0.0593 e. The molecule has 72 valence electrons. The average molecular weight is 171 g/mol. The van der Waals surface area contributed by atoms with Crippen molar-refractivity contribution in [2.24, 2.45) is 5.41 Å². The van der Waals surface area contributed by atoms with Crippen LogP contribution in [0.25, 0.3) is 0 Å². The highest BCUT2D eigenvalue weighted by atomic mass is 16.5. The number of nitrogens with zero attached hydrogens (tertiary/aromatic N) is 1. The van der Waals surface area contributed by atoms with Crippen LogP contribution in [0.15, 0.2) is 0 Å². The van der Waals surface area contributed by atoms with Crippen LogP contribution >= 0.6 is 0 Å². The Labute approximate surface area is 75.9 Å². The van der Waals surface area contributed by atoms with Gasteiger partial charge in [0.2, 0.25) is 0 Å². The summed E-state index contributed by atoms with van der Waals surface area (Å²) in [5.74, 6) is 0. The Morgan fingerprint density at radius 1 is 1.17 bits per heavy atom. The maximum Gasteiger partial charge on any atom is 0.0593 e. The Morgan fingerprint density at radius 3 is 2.33 bits per heavy atom. The van der Waals surface area contributed by atoms with E-state index in [1.165, 1.54) is 13.1 Å². The normalized spacial score (nSPS) is 18.2. The highest BCUT2D eigenvalue weighted by Crippen LogP contribution is 2.17. The van der Waals surface area contributed by atoms with Crippen molar-refractivity contribution in [3.63, 3.8) is 0 Å². The largest absolute Gasteiger partial charge is 0.380 e. The number of rotatable bonds is 5.